The Morgan fingerprint density at radius 2 is 2.06 bits per heavy atom. The van der Waals surface area contributed by atoms with Crippen molar-refractivity contribution >= 4 is 12.6 Å². The second-order valence-electron chi connectivity index (χ2n) is 3.83. The van der Waals surface area contributed by atoms with Gasteiger partial charge in [-0.05, 0) is 18.9 Å². The molecule has 16 heavy (non-hydrogen) atoms. The van der Waals surface area contributed by atoms with E-state index < -0.39 is 7.12 Å². The fourth-order valence-electron chi connectivity index (χ4n) is 1.75. The average Bonchev–Trinajstić information content (AvgIpc) is 2.31. The molecule has 0 unspecified atom stereocenters. The van der Waals surface area contributed by atoms with Crippen LogP contribution in [-0.2, 0) is 4.74 Å². The zero-order chi connectivity index (χ0) is 11.4. The maximum Gasteiger partial charge on any atom is 0.492 e. The van der Waals surface area contributed by atoms with Crippen LogP contribution in [0.25, 0.3) is 0 Å². The van der Waals surface area contributed by atoms with Crippen LogP contribution in [0.2, 0.25) is 0 Å². The third-order valence-corrected chi connectivity index (χ3v) is 2.59. The first kappa shape index (κ1) is 11.5. The zero-order valence-electron chi connectivity index (χ0n) is 9.00. The van der Waals surface area contributed by atoms with E-state index >= 15 is 0 Å². The summed E-state index contributed by atoms with van der Waals surface area (Å²) in [6, 6.07) is 6.88. The van der Waals surface area contributed by atoms with Gasteiger partial charge in [-0.25, -0.2) is 0 Å². The second kappa shape index (κ2) is 5.34. The van der Waals surface area contributed by atoms with Crippen LogP contribution in [0.4, 0.5) is 0 Å². The summed E-state index contributed by atoms with van der Waals surface area (Å²) in [5.74, 6) is 0.476. The van der Waals surface area contributed by atoms with E-state index in [0.29, 0.717) is 17.8 Å². The average molecular weight is 222 g/mol. The molecule has 1 aliphatic rings. The number of hydrogen-bond acceptors (Lipinski definition) is 4. The second-order valence-corrected chi connectivity index (χ2v) is 3.83. The number of ether oxygens (including phenoxy) is 2. The minimum Gasteiger partial charge on any atom is -0.465 e. The Bertz CT molecular complexity index is 337. The van der Waals surface area contributed by atoms with E-state index in [2.05, 4.69) is 0 Å². The van der Waals surface area contributed by atoms with Gasteiger partial charge in [-0.15, -0.1) is 0 Å². The van der Waals surface area contributed by atoms with Gasteiger partial charge in [0.1, 0.15) is 5.75 Å². The van der Waals surface area contributed by atoms with Crippen molar-refractivity contribution in [3.05, 3.63) is 24.3 Å². The van der Waals surface area contributed by atoms with Gasteiger partial charge in [0.2, 0.25) is 0 Å². The molecule has 2 rings (SSSR count). The maximum absolute atomic E-state index is 9.17. The normalized spacial score (nSPS) is 20.5. The van der Waals surface area contributed by atoms with E-state index in [1.807, 2.05) is 0 Å². The molecule has 0 bridgehead atoms. The van der Waals surface area contributed by atoms with Gasteiger partial charge in [-0.2, -0.15) is 0 Å². The van der Waals surface area contributed by atoms with Crippen molar-refractivity contribution in [3.8, 4) is 5.75 Å². The Morgan fingerprint density at radius 1 is 1.25 bits per heavy atom. The Morgan fingerprint density at radius 3 is 2.75 bits per heavy atom. The summed E-state index contributed by atoms with van der Waals surface area (Å²) in [6.45, 7) is 0.703. The van der Waals surface area contributed by atoms with Crippen molar-refractivity contribution in [1.29, 1.82) is 0 Å². The number of hydrogen-bond donors (Lipinski definition) is 2. The van der Waals surface area contributed by atoms with Gasteiger partial charge in [0, 0.05) is 11.9 Å². The molecular formula is C11H15BO4. The molecule has 0 spiro atoms. The SMILES string of the molecule is OB(O)c1ccccc1O[C@H]1CCCCO1. The van der Waals surface area contributed by atoms with Crippen molar-refractivity contribution in [1.82, 2.24) is 0 Å². The van der Waals surface area contributed by atoms with Crippen LogP contribution in [0, 0.1) is 0 Å². The molecule has 0 saturated carbocycles. The number of rotatable bonds is 3. The van der Waals surface area contributed by atoms with E-state index in [0.717, 1.165) is 19.3 Å². The summed E-state index contributed by atoms with van der Waals surface area (Å²) >= 11 is 0. The highest BCUT2D eigenvalue weighted by atomic mass is 16.7. The molecule has 2 N–H and O–H groups in total. The molecule has 5 heteroatoms. The lowest BCUT2D eigenvalue weighted by Gasteiger charge is -2.24. The molecule has 1 heterocycles. The van der Waals surface area contributed by atoms with Gasteiger partial charge >= 0.3 is 7.12 Å². The predicted octanol–water partition coefficient (Wildman–Crippen LogP) is 0.272. The zero-order valence-corrected chi connectivity index (χ0v) is 9.00. The minimum absolute atomic E-state index is 0.270. The molecule has 0 aromatic heterocycles. The van der Waals surface area contributed by atoms with Gasteiger partial charge in [0.05, 0.1) is 6.61 Å². The molecule has 1 aliphatic heterocycles. The highest BCUT2D eigenvalue weighted by molar-refractivity contribution is 6.59. The van der Waals surface area contributed by atoms with Gasteiger partial charge in [0.15, 0.2) is 6.29 Å². The summed E-state index contributed by atoms with van der Waals surface area (Å²) in [6.07, 6.45) is 2.71. The van der Waals surface area contributed by atoms with E-state index in [1.165, 1.54) is 0 Å². The van der Waals surface area contributed by atoms with Gasteiger partial charge in [-0.3, -0.25) is 0 Å². The van der Waals surface area contributed by atoms with E-state index in [9.17, 15) is 0 Å². The minimum atomic E-state index is -1.51. The molecular weight excluding hydrogens is 207 g/mol. The lowest BCUT2D eigenvalue weighted by molar-refractivity contribution is -0.105. The smallest absolute Gasteiger partial charge is 0.465 e. The maximum atomic E-state index is 9.17. The highest BCUT2D eigenvalue weighted by Gasteiger charge is 2.20. The Kier molecular flexibility index (Phi) is 3.82. The first-order chi connectivity index (χ1) is 7.77. The molecule has 1 fully saturated rings. The van der Waals surface area contributed by atoms with Crippen LogP contribution >= 0.6 is 0 Å². The summed E-state index contributed by atoms with van der Waals surface area (Å²) < 4.78 is 11.0. The lowest BCUT2D eigenvalue weighted by atomic mass is 9.79. The fraction of sp³-hybridized carbons (Fsp3) is 0.455. The molecule has 0 radical (unpaired) electrons. The van der Waals surface area contributed by atoms with Crippen LogP contribution in [0.15, 0.2) is 24.3 Å². The third-order valence-electron chi connectivity index (χ3n) is 2.59. The molecule has 1 aromatic carbocycles. The van der Waals surface area contributed by atoms with Crippen molar-refractivity contribution in [2.24, 2.45) is 0 Å². The largest absolute Gasteiger partial charge is 0.492 e. The van der Waals surface area contributed by atoms with Crippen molar-refractivity contribution < 1.29 is 19.5 Å². The molecule has 0 amide bonds. The van der Waals surface area contributed by atoms with Crippen LogP contribution < -0.4 is 10.2 Å². The molecule has 1 atom stereocenters. The molecule has 1 saturated heterocycles. The van der Waals surface area contributed by atoms with Gasteiger partial charge in [0.25, 0.3) is 0 Å². The van der Waals surface area contributed by atoms with E-state index in [-0.39, 0.29) is 6.29 Å². The van der Waals surface area contributed by atoms with Crippen molar-refractivity contribution in [2.45, 2.75) is 25.6 Å². The predicted molar refractivity (Wildman–Crippen MR) is 60.5 cm³/mol. The van der Waals surface area contributed by atoms with Crippen LogP contribution in [0.5, 0.6) is 5.75 Å². The molecule has 4 nitrogen and oxygen atoms in total. The fourth-order valence-corrected chi connectivity index (χ4v) is 1.75. The Balaban J connectivity index is 2.07. The highest BCUT2D eigenvalue weighted by Crippen LogP contribution is 2.17. The van der Waals surface area contributed by atoms with Crippen molar-refractivity contribution in [2.75, 3.05) is 6.61 Å². The topological polar surface area (TPSA) is 58.9 Å². The monoisotopic (exact) mass is 222 g/mol. The molecule has 0 aliphatic carbocycles. The van der Waals surface area contributed by atoms with E-state index in [1.54, 1.807) is 24.3 Å². The van der Waals surface area contributed by atoms with Crippen LogP contribution in [0.1, 0.15) is 19.3 Å². The number of benzene rings is 1. The first-order valence-electron chi connectivity index (χ1n) is 5.50. The summed E-state index contributed by atoms with van der Waals surface area (Å²) in [5, 5.41) is 18.3. The third kappa shape index (κ3) is 2.75. The Labute approximate surface area is 95.0 Å². The van der Waals surface area contributed by atoms with Crippen molar-refractivity contribution in [3.63, 3.8) is 0 Å². The summed E-state index contributed by atoms with van der Waals surface area (Å²) in [4.78, 5) is 0. The number of para-hydroxylation sites is 1. The lowest BCUT2D eigenvalue weighted by Crippen LogP contribution is -2.34. The molecule has 1 aromatic rings. The molecule has 86 valence electrons. The Hall–Kier alpha value is -1.04. The summed E-state index contributed by atoms with van der Waals surface area (Å²) in [5.41, 5.74) is 0.372. The van der Waals surface area contributed by atoms with E-state index in [4.69, 9.17) is 19.5 Å². The summed E-state index contributed by atoms with van der Waals surface area (Å²) in [7, 11) is -1.51. The van der Waals surface area contributed by atoms with Crippen LogP contribution in [0.3, 0.4) is 0 Å². The first-order valence-corrected chi connectivity index (χ1v) is 5.50. The quantitative estimate of drug-likeness (QED) is 0.720. The standard InChI is InChI=1S/C11H15BO4/c13-12(14)9-5-1-2-6-10(9)16-11-7-3-4-8-15-11/h1-2,5-6,11,13-14H,3-4,7-8H2/t11-/m0/s1. The van der Waals surface area contributed by atoms with Gasteiger partial charge < -0.3 is 19.5 Å². The van der Waals surface area contributed by atoms with Crippen LogP contribution in [-0.4, -0.2) is 30.1 Å². The van der Waals surface area contributed by atoms with Gasteiger partial charge in [-0.1, -0.05) is 18.2 Å².